The van der Waals surface area contributed by atoms with Crippen molar-refractivity contribution in [2.24, 2.45) is 0 Å². The number of hydrogen-bond acceptors (Lipinski definition) is 5. The highest BCUT2D eigenvalue weighted by Crippen LogP contribution is 2.33. The molecular weight excluding hydrogens is 334 g/mol. The average molecular weight is 360 g/mol. The van der Waals surface area contributed by atoms with Crippen LogP contribution in [0.1, 0.15) is 39.0 Å². The first-order chi connectivity index (χ1) is 10.6. The molecular formula is C16H25NO4S2. The van der Waals surface area contributed by atoms with Crippen molar-refractivity contribution >= 4 is 25.4 Å². The minimum atomic E-state index is -3.52. The minimum Gasteiger partial charge on any atom is -0.368 e. The Kier molecular flexibility index (Phi) is 5.41. The second kappa shape index (κ2) is 6.81. The topological polar surface area (TPSA) is 71.5 Å². The van der Waals surface area contributed by atoms with Gasteiger partial charge in [-0.3, -0.25) is 0 Å². The van der Waals surface area contributed by atoms with E-state index in [1.54, 1.807) is 6.07 Å². The Balaban J connectivity index is 2.56. The van der Waals surface area contributed by atoms with Crippen LogP contribution in [0.25, 0.3) is 0 Å². The van der Waals surface area contributed by atoms with Gasteiger partial charge in [0.25, 0.3) is 0 Å². The predicted molar refractivity (Wildman–Crippen MR) is 92.6 cm³/mol. The molecule has 1 aliphatic rings. The first-order valence-corrected chi connectivity index (χ1v) is 11.7. The lowest BCUT2D eigenvalue weighted by Crippen LogP contribution is -2.37. The summed E-state index contributed by atoms with van der Waals surface area (Å²) in [5, 5.41) is 0. The maximum atomic E-state index is 12.2. The van der Waals surface area contributed by atoms with Crippen LogP contribution in [-0.2, 0) is 19.7 Å². The van der Waals surface area contributed by atoms with Crippen molar-refractivity contribution in [2.45, 2.75) is 54.9 Å². The van der Waals surface area contributed by atoms with Crippen LogP contribution in [0.4, 0.5) is 5.69 Å². The fourth-order valence-corrected chi connectivity index (χ4v) is 4.91. The maximum absolute atomic E-state index is 12.2. The fourth-order valence-electron chi connectivity index (χ4n) is 3.28. The summed E-state index contributed by atoms with van der Waals surface area (Å²) < 4.78 is 47.9. The molecule has 0 amide bonds. The van der Waals surface area contributed by atoms with E-state index in [1.807, 2.05) is 6.92 Å². The Morgan fingerprint density at radius 3 is 2.09 bits per heavy atom. The van der Waals surface area contributed by atoms with Crippen molar-refractivity contribution in [3.63, 3.8) is 0 Å². The van der Waals surface area contributed by atoms with Gasteiger partial charge >= 0.3 is 0 Å². The fraction of sp³-hybridized carbons (Fsp3) is 0.625. The van der Waals surface area contributed by atoms with E-state index in [0.717, 1.165) is 38.2 Å². The van der Waals surface area contributed by atoms with Crippen LogP contribution in [0.3, 0.4) is 0 Å². The molecule has 1 aromatic carbocycles. The molecule has 1 saturated carbocycles. The van der Waals surface area contributed by atoms with E-state index in [1.165, 1.54) is 18.6 Å². The molecule has 0 atom stereocenters. The lowest BCUT2D eigenvalue weighted by molar-refractivity contribution is 0.417. The quantitative estimate of drug-likeness (QED) is 0.808. The Bertz CT molecular complexity index is 763. The monoisotopic (exact) mass is 359 g/mol. The largest absolute Gasteiger partial charge is 0.368 e. The van der Waals surface area contributed by atoms with Gasteiger partial charge in [0.15, 0.2) is 19.7 Å². The molecule has 0 heterocycles. The van der Waals surface area contributed by atoms with Crippen LogP contribution < -0.4 is 4.90 Å². The lowest BCUT2D eigenvalue weighted by atomic mass is 9.94. The Hall–Kier alpha value is -1.08. The third-order valence-corrected chi connectivity index (χ3v) is 6.66. The van der Waals surface area contributed by atoms with Crippen LogP contribution in [0, 0.1) is 0 Å². The standard InChI is InChI=1S/C16H25NO4S2/c1-4-17(13-8-6-5-7-9-13)15-11-10-14(22(2,18)19)12-16(15)23(3,20)21/h10-13H,4-9H2,1-3H3. The molecule has 0 aliphatic heterocycles. The van der Waals surface area contributed by atoms with Crippen molar-refractivity contribution in [3.05, 3.63) is 18.2 Å². The molecule has 130 valence electrons. The molecule has 0 aromatic heterocycles. The van der Waals surface area contributed by atoms with Gasteiger partial charge in [0.2, 0.25) is 0 Å². The molecule has 0 saturated heterocycles. The maximum Gasteiger partial charge on any atom is 0.177 e. The Labute approximate surface area is 139 Å². The molecule has 0 unspecified atom stereocenters. The molecule has 0 spiro atoms. The molecule has 7 heteroatoms. The Morgan fingerprint density at radius 2 is 1.61 bits per heavy atom. The van der Waals surface area contributed by atoms with Crippen molar-refractivity contribution in [3.8, 4) is 0 Å². The van der Waals surface area contributed by atoms with Gasteiger partial charge in [-0.1, -0.05) is 19.3 Å². The van der Waals surface area contributed by atoms with Crippen LogP contribution in [0.5, 0.6) is 0 Å². The molecule has 1 aliphatic carbocycles. The first kappa shape index (κ1) is 18.3. The molecule has 1 aromatic rings. The highest BCUT2D eigenvalue weighted by Gasteiger charge is 2.26. The second-order valence-electron chi connectivity index (χ2n) is 6.25. The molecule has 0 N–H and O–H groups in total. The molecule has 1 fully saturated rings. The third-order valence-electron chi connectivity index (χ3n) is 4.42. The summed E-state index contributed by atoms with van der Waals surface area (Å²) in [6.45, 7) is 2.70. The van der Waals surface area contributed by atoms with E-state index in [0.29, 0.717) is 18.3 Å². The van der Waals surface area contributed by atoms with Crippen molar-refractivity contribution in [1.82, 2.24) is 0 Å². The molecule has 2 rings (SSSR count). The van der Waals surface area contributed by atoms with Gasteiger partial charge in [-0.15, -0.1) is 0 Å². The zero-order chi connectivity index (χ0) is 17.3. The number of rotatable bonds is 5. The van der Waals surface area contributed by atoms with Crippen LogP contribution in [-0.4, -0.2) is 41.9 Å². The smallest absolute Gasteiger partial charge is 0.177 e. The summed E-state index contributed by atoms with van der Waals surface area (Å²) >= 11 is 0. The van der Waals surface area contributed by atoms with E-state index in [4.69, 9.17) is 0 Å². The van der Waals surface area contributed by atoms with Crippen molar-refractivity contribution < 1.29 is 16.8 Å². The number of hydrogen-bond donors (Lipinski definition) is 0. The van der Waals surface area contributed by atoms with Gasteiger partial charge in [-0.25, -0.2) is 16.8 Å². The molecule has 0 radical (unpaired) electrons. The van der Waals surface area contributed by atoms with E-state index >= 15 is 0 Å². The van der Waals surface area contributed by atoms with Gasteiger partial charge in [-0.2, -0.15) is 0 Å². The first-order valence-electron chi connectivity index (χ1n) is 7.95. The van der Waals surface area contributed by atoms with Crippen LogP contribution >= 0.6 is 0 Å². The van der Waals surface area contributed by atoms with Crippen molar-refractivity contribution in [1.29, 1.82) is 0 Å². The zero-order valence-electron chi connectivity index (χ0n) is 13.9. The SMILES string of the molecule is CCN(c1ccc(S(C)(=O)=O)cc1S(C)(=O)=O)C1CCCCC1. The highest BCUT2D eigenvalue weighted by atomic mass is 32.2. The Morgan fingerprint density at radius 1 is 1.00 bits per heavy atom. The van der Waals surface area contributed by atoms with Gasteiger partial charge in [0.05, 0.1) is 15.5 Å². The third kappa shape index (κ3) is 4.26. The van der Waals surface area contributed by atoms with E-state index in [2.05, 4.69) is 4.90 Å². The summed E-state index contributed by atoms with van der Waals surface area (Å²) in [6, 6.07) is 4.76. The minimum absolute atomic E-state index is 0.0429. The summed E-state index contributed by atoms with van der Waals surface area (Å²) in [5.41, 5.74) is 0.620. The van der Waals surface area contributed by atoms with Crippen LogP contribution in [0.15, 0.2) is 28.0 Å². The van der Waals surface area contributed by atoms with E-state index in [-0.39, 0.29) is 9.79 Å². The van der Waals surface area contributed by atoms with Gasteiger partial charge < -0.3 is 4.90 Å². The summed E-state index contributed by atoms with van der Waals surface area (Å²) in [6.07, 6.45) is 7.84. The second-order valence-corrected chi connectivity index (χ2v) is 10.3. The molecule has 5 nitrogen and oxygen atoms in total. The van der Waals surface area contributed by atoms with E-state index < -0.39 is 19.7 Å². The normalized spacial score (nSPS) is 17.2. The van der Waals surface area contributed by atoms with Crippen molar-refractivity contribution in [2.75, 3.05) is 24.0 Å². The predicted octanol–water partition coefficient (Wildman–Crippen LogP) is 2.65. The number of nitrogens with zero attached hydrogens (tertiary/aromatic N) is 1. The number of sulfone groups is 2. The van der Waals surface area contributed by atoms with Crippen LogP contribution in [0.2, 0.25) is 0 Å². The van der Waals surface area contributed by atoms with E-state index in [9.17, 15) is 16.8 Å². The van der Waals surface area contributed by atoms with Gasteiger partial charge in [0.1, 0.15) is 0 Å². The molecule has 23 heavy (non-hydrogen) atoms. The molecule has 0 bridgehead atoms. The highest BCUT2D eigenvalue weighted by molar-refractivity contribution is 7.91. The number of benzene rings is 1. The average Bonchev–Trinajstić information content (AvgIpc) is 2.47. The summed E-state index contributed by atoms with van der Waals surface area (Å²) in [7, 11) is -6.96. The van der Waals surface area contributed by atoms with Gasteiger partial charge in [-0.05, 0) is 38.0 Å². The van der Waals surface area contributed by atoms with Gasteiger partial charge in [0, 0.05) is 25.1 Å². The lowest BCUT2D eigenvalue weighted by Gasteiger charge is -2.36. The summed E-state index contributed by atoms with van der Waals surface area (Å²) in [4.78, 5) is 2.26. The zero-order valence-corrected chi connectivity index (χ0v) is 15.6. The number of anilines is 1. The summed E-state index contributed by atoms with van der Waals surface area (Å²) in [5.74, 6) is 0.